The molecule has 0 amide bonds. The number of nitrogens with zero attached hydrogens (tertiary/aromatic N) is 3. The number of aromatic nitrogens is 1. The van der Waals surface area contributed by atoms with E-state index in [2.05, 4.69) is 57.8 Å². The van der Waals surface area contributed by atoms with Crippen LogP contribution in [-0.4, -0.2) is 41.5 Å². The number of aryl methyl sites for hydroxylation is 1. The topological polar surface area (TPSA) is 52.6 Å². The zero-order valence-corrected chi connectivity index (χ0v) is 16.5. The van der Waals surface area contributed by atoms with Crippen LogP contribution in [0, 0.1) is 6.92 Å². The normalized spacial score (nSPS) is 16.3. The van der Waals surface area contributed by atoms with Crippen molar-refractivity contribution in [2.45, 2.75) is 45.8 Å². The van der Waals surface area contributed by atoms with Crippen LogP contribution in [0.25, 0.3) is 0 Å². The van der Waals surface area contributed by atoms with Crippen LogP contribution in [-0.2, 0) is 13.1 Å². The minimum absolute atomic E-state index is 0.472. The van der Waals surface area contributed by atoms with Gasteiger partial charge in [-0.1, -0.05) is 36.4 Å². The number of hydrogen-bond donors (Lipinski definition) is 2. The highest BCUT2D eigenvalue weighted by atomic mass is 15.2. The highest BCUT2D eigenvalue weighted by Gasteiger charge is 2.20. The van der Waals surface area contributed by atoms with Crippen LogP contribution < -0.4 is 10.6 Å². The Morgan fingerprint density at radius 2 is 1.89 bits per heavy atom. The van der Waals surface area contributed by atoms with Gasteiger partial charge in [-0.2, -0.15) is 0 Å². The molecule has 1 saturated heterocycles. The first-order chi connectivity index (χ1) is 13.2. The molecule has 2 aromatic rings. The molecular formula is C22H31N5. The van der Waals surface area contributed by atoms with Gasteiger partial charge in [0.2, 0.25) is 0 Å². The molecule has 2 N–H and O–H groups in total. The Morgan fingerprint density at radius 1 is 1.11 bits per heavy atom. The fourth-order valence-corrected chi connectivity index (χ4v) is 3.44. The summed E-state index contributed by atoms with van der Waals surface area (Å²) in [6, 6.07) is 17.3. The summed E-state index contributed by atoms with van der Waals surface area (Å²) in [4.78, 5) is 11.8. The van der Waals surface area contributed by atoms with E-state index in [9.17, 15) is 0 Å². The number of benzene rings is 1. The molecule has 5 heteroatoms. The van der Waals surface area contributed by atoms with Crippen LogP contribution in [0.5, 0.6) is 0 Å². The highest BCUT2D eigenvalue weighted by Crippen LogP contribution is 2.14. The number of hydrogen-bond acceptors (Lipinski definition) is 3. The van der Waals surface area contributed by atoms with Crippen molar-refractivity contribution in [2.24, 2.45) is 4.99 Å². The smallest absolute Gasteiger partial charge is 0.191 e. The lowest BCUT2D eigenvalue weighted by Gasteiger charge is -2.33. The van der Waals surface area contributed by atoms with Crippen LogP contribution in [0.15, 0.2) is 53.5 Å². The lowest BCUT2D eigenvalue weighted by Crippen LogP contribution is -2.48. The van der Waals surface area contributed by atoms with E-state index in [1.165, 1.54) is 5.56 Å². The summed E-state index contributed by atoms with van der Waals surface area (Å²) in [6.07, 6.45) is 2.28. The van der Waals surface area contributed by atoms with E-state index in [4.69, 9.17) is 4.99 Å². The van der Waals surface area contributed by atoms with Crippen LogP contribution in [0.4, 0.5) is 0 Å². The predicted molar refractivity (Wildman–Crippen MR) is 112 cm³/mol. The van der Waals surface area contributed by atoms with E-state index in [0.717, 1.165) is 56.4 Å². The summed E-state index contributed by atoms with van der Waals surface area (Å²) in [7, 11) is 0. The number of guanidine groups is 1. The Hall–Kier alpha value is -2.40. The monoisotopic (exact) mass is 365 g/mol. The van der Waals surface area contributed by atoms with Gasteiger partial charge in [-0.25, -0.2) is 4.99 Å². The van der Waals surface area contributed by atoms with E-state index in [-0.39, 0.29) is 0 Å². The molecule has 1 fully saturated rings. The van der Waals surface area contributed by atoms with Crippen LogP contribution >= 0.6 is 0 Å². The molecule has 144 valence electrons. The Morgan fingerprint density at radius 3 is 2.59 bits per heavy atom. The summed E-state index contributed by atoms with van der Waals surface area (Å²) >= 11 is 0. The first kappa shape index (κ1) is 19.4. The third kappa shape index (κ3) is 6.36. The molecule has 0 atom stereocenters. The summed E-state index contributed by atoms with van der Waals surface area (Å²) in [5.41, 5.74) is 3.43. The van der Waals surface area contributed by atoms with E-state index in [0.29, 0.717) is 12.6 Å². The zero-order valence-electron chi connectivity index (χ0n) is 16.5. The Bertz CT molecular complexity index is 720. The van der Waals surface area contributed by atoms with Crippen molar-refractivity contribution in [1.29, 1.82) is 0 Å². The Kier molecular flexibility index (Phi) is 7.22. The number of aliphatic imine (C=N–C) groups is 1. The van der Waals surface area contributed by atoms with Crippen LogP contribution in [0.3, 0.4) is 0 Å². The maximum atomic E-state index is 4.72. The number of piperidine rings is 1. The first-order valence-corrected chi connectivity index (χ1v) is 9.96. The van der Waals surface area contributed by atoms with E-state index >= 15 is 0 Å². The van der Waals surface area contributed by atoms with Gasteiger partial charge in [0.05, 0.1) is 12.2 Å². The van der Waals surface area contributed by atoms with E-state index < -0.39 is 0 Å². The number of pyridine rings is 1. The van der Waals surface area contributed by atoms with Crippen molar-refractivity contribution in [2.75, 3.05) is 19.6 Å². The molecule has 27 heavy (non-hydrogen) atoms. The Labute approximate surface area is 162 Å². The molecule has 0 spiro atoms. The number of likely N-dealkylation sites (tertiary alicyclic amines) is 1. The van der Waals surface area contributed by atoms with Gasteiger partial charge in [0.25, 0.3) is 0 Å². The van der Waals surface area contributed by atoms with Crippen LogP contribution in [0.1, 0.15) is 36.7 Å². The average Bonchev–Trinajstić information content (AvgIpc) is 2.69. The highest BCUT2D eigenvalue weighted by molar-refractivity contribution is 5.80. The molecule has 0 aliphatic carbocycles. The molecule has 3 rings (SSSR count). The molecule has 0 saturated carbocycles. The molecule has 1 aliphatic rings. The quantitative estimate of drug-likeness (QED) is 0.610. The van der Waals surface area contributed by atoms with Gasteiger partial charge in [-0.05, 0) is 44.4 Å². The second kappa shape index (κ2) is 10.1. The maximum Gasteiger partial charge on any atom is 0.191 e. The molecule has 1 aliphatic heterocycles. The van der Waals surface area contributed by atoms with E-state index in [1.54, 1.807) is 0 Å². The summed E-state index contributed by atoms with van der Waals surface area (Å²) in [5, 5.41) is 6.97. The molecule has 5 nitrogen and oxygen atoms in total. The third-order valence-corrected chi connectivity index (χ3v) is 4.87. The fraction of sp³-hybridized carbons (Fsp3) is 0.455. The van der Waals surface area contributed by atoms with Crippen molar-refractivity contribution >= 4 is 5.96 Å². The summed E-state index contributed by atoms with van der Waals surface area (Å²) in [5.74, 6) is 0.891. The number of rotatable bonds is 6. The molecule has 0 unspecified atom stereocenters. The zero-order chi connectivity index (χ0) is 18.9. The van der Waals surface area contributed by atoms with Gasteiger partial charge >= 0.3 is 0 Å². The van der Waals surface area contributed by atoms with Gasteiger partial charge in [0.1, 0.15) is 0 Å². The molecule has 1 aromatic carbocycles. The van der Waals surface area contributed by atoms with Crippen molar-refractivity contribution in [3.05, 3.63) is 65.5 Å². The fourth-order valence-electron chi connectivity index (χ4n) is 3.44. The van der Waals surface area contributed by atoms with Gasteiger partial charge < -0.3 is 10.6 Å². The Balaban J connectivity index is 1.49. The summed E-state index contributed by atoms with van der Waals surface area (Å²) < 4.78 is 0. The summed E-state index contributed by atoms with van der Waals surface area (Å²) in [6.45, 7) is 8.85. The first-order valence-electron chi connectivity index (χ1n) is 9.96. The third-order valence-electron chi connectivity index (χ3n) is 4.87. The SMILES string of the molecule is CCNC(=NCc1cccc(C)n1)NC1CCN(Cc2ccccc2)CC1. The lowest BCUT2D eigenvalue weighted by atomic mass is 10.0. The minimum Gasteiger partial charge on any atom is -0.357 e. The second-order valence-electron chi connectivity index (χ2n) is 7.15. The van der Waals surface area contributed by atoms with E-state index in [1.807, 2.05) is 25.1 Å². The van der Waals surface area contributed by atoms with Crippen LogP contribution in [0.2, 0.25) is 0 Å². The average molecular weight is 366 g/mol. The van der Waals surface area contributed by atoms with Gasteiger partial charge in [0.15, 0.2) is 5.96 Å². The number of nitrogens with one attached hydrogen (secondary N) is 2. The van der Waals surface area contributed by atoms with Crippen molar-refractivity contribution in [1.82, 2.24) is 20.5 Å². The molecular weight excluding hydrogens is 334 g/mol. The molecule has 1 aromatic heterocycles. The molecule has 2 heterocycles. The molecule has 0 radical (unpaired) electrons. The second-order valence-corrected chi connectivity index (χ2v) is 7.15. The van der Waals surface area contributed by atoms with Gasteiger partial charge in [-0.15, -0.1) is 0 Å². The van der Waals surface area contributed by atoms with Crippen molar-refractivity contribution in [3.8, 4) is 0 Å². The predicted octanol–water partition coefficient (Wildman–Crippen LogP) is 3.11. The molecule has 0 bridgehead atoms. The minimum atomic E-state index is 0.472. The van der Waals surface area contributed by atoms with Gasteiger partial charge in [-0.3, -0.25) is 9.88 Å². The van der Waals surface area contributed by atoms with Crippen molar-refractivity contribution in [3.63, 3.8) is 0 Å². The standard InChI is InChI=1S/C22H31N5/c1-3-23-22(24-16-21-11-7-8-18(2)25-21)26-20-12-14-27(15-13-20)17-19-9-5-4-6-10-19/h4-11,20H,3,12-17H2,1-2H3,(H2,23,24,26). The van der Waals surface area contributed by atoms with Crippen molar-refractivity contribution < 1.29 is 0 Å². The largest absolute Gasteiger partial charge is 0.357 e. The van der Waals surface area contributed by atoms with Gasteiger partial charge in [0, 0.05) is 37.9 Å². The maximum absolute atomic E-state index is 4.72. The lowest BCUT2D eigenvalue weighted by molar-refractivity contribution is 0.198.